The third kappa shape index (κ3) is 3.92. The van der Waals surface area contributed by atoms with Gasteiger partial charge in [0.1, 0.15) is 5.82 Å². The van der Waals surface area contributed by atoms with Crippen molar-refractivity contribution >= 4 is 32.3 Å². The molecule has 0 atom stereocenters. The van der Waals surface area contributed by atoms with Gasteiger partial charge < -0.3 is 0 Å². The van der Waals surface area contributed by atoms with E-state index in [0.29, 0.717) is 5.82 Å². The third-order valence-corrected chi connectivity index (χ3v) is 7.81. The lowest BCUT2D eigenvalue weighted by atomic mass is 9.91. The van der Waals surface area contributed by atoms with Crippen LogP contribution in [0, 0.1) is 5.82 Å². The van der Waals surface area contributed by atoms with Crippen molar-refractivity contribution in [3.8, 4) is 45.0 Å². The number of pyridine rings is 1. The second kappa shape index (κ2) is 9.32. The highest BCUT2D eigenvalue weighted by Crippen LogP contribution is 2.40. The maximum Gasteiger partial charge on any atom is 0.161 e. The molecular formula is C37H22FN3. The molecule has 8 aromatic rings. The zero-order valence-electron chi connectivity index (χ0n) is 21.9. The summed E-state index contributed by atoms with van der Waals surface area (Å²) in [7, 11) is 0. The van der Waals surface area contributed by atoms with Crippen molar-refractivity contribution in [3.05, 3.63) is 140 Å². The molecular weight excluding hydrogens is 505 g/mol. The average Bonchev–Trinajstić information content (AvgIpc) is 3.04. The molecule has 0 unspecified atom stereocenters. The SMILES string of the molecule is Fc1ccc(-c2cc(-c3ccc4ccc5cccc6ccc3c4c56)nc(-c3ccccc3-c3cccnc3)n2)cc1. The van der Waals surface area contributed by atoms with Gasteiger partial charge in [-0.1, -0.05) is 84.9 Å². The summed E-state index contributed by atoms with van der Waals surface area (Å²) in [6, 6.07) is 40.1. The van der Waals surface area contributed by atoms with E-state index in [9.17, 15) is 4.39 Å². The number of hydrogen-bond acceptors (Lipinski definition) is 3. The molecule has 0 saturated carbocycles. The summed E-state index contributed by atoms with van der Waals surface area (Å²) in [6.07, 6.45) is 3.62. The lowest BCUT2D eigenvalue weighted by Crippen LogP contribution is -1.98. The smallest absolute Gasteiger partial charge is 0.161 e. The van der Waals surface area contributed by atoms with Crippen molar-refractivity contribution < 1.29 is 4.39 Å². The van der Waals surface area contributed by atoms with Crippen LogP contribution in [0.1, 0.15) is 0 Å². The molecule has 8 rings (SSSR count). The van der Waals surface area contributed by atoms with Crippen LogP contribution in [0.5, 0.6) is 0 Å². The Labute approximate surface area is 236 Å². The van der Waals surface area contributed by atoms with E-state index >= 15 is 0 Å². The molecule has 0 spiro atoms. The summed E-state index contributed by atoms with van der Waals surface area (Å²) in [5, 5.41) is 7.28. The first-order chi connectivity index (χ1) is 20.2. The Kier molecular flexibility index (Phi) is 5.32. The van der Waals surface area contributed by atoms with E-state index in [1.54, 1.807) is 18.3 Å². The molecule has 2 aromatic heterocycles. The van der Waals surface area contributed by atoms with E-state index in [1.807, 2.05) is 42.6 Å². The van der Waals surface area contributed by atoms with Crippen LogP contribution < -0.4 is 0 Å². The molecule has 192 valence electrons. The summed E-state index contributed by atoms with van der Waals surface area (Å²) in [6.45, 7) is 0. The highest BCUT2D eigenvalue weighted by molar-refractivity contribution is 6.25. The van der Waals surface area contributed by atoms with Crippen LogP contribution in [-0.4, -0.2) is 15.0 Å². The van der Waals surface area contributed by atoms with E-state index in [4.69, 9.17) is 9.97 Å². The largest absolute Gasteiger partial charge is 0.264 e. The van der Waals surface area contributed by atoms with Crippen LogP contribution >= 0.6 is 0 Å². The van der Waals surface area contributed by atoms with Crippen LogP contribution in [0.3, 0.4) is 0 Å². The van der Waals surface area contributed by atoms with Crippen molar-refractivity contribution in [3.63, 3.8) is 0 Å². The fourth-order valence-electron chi connectivity index (χ4n) is 5.88. The molecule has 41 heavy (non-hydrogen) atoms. The van der Waals surface area contributed by atoms with Crippen LogP contribution in [-0.2, 0) is 0 Å². The maximum absolute atomic E-state index is 13.9. The number of benzene rings is 6. The molecule has 3 nitrogen and oxygen atoms in total. The van der Waals surface area contributed by atoms with Crippen LogP contribution in [0.15, 0.2) is 134 Å². The lowest BCUT2D eigenvalue weighted by molar-refractivity contribution is 0.628. The minimum absolute atomic E-state index is 0.281. The monoisotopic (exact) mass is 527 g/mol. The van der Waals surface area contributed by atoms with Crippen molar-refractivity contribution in [1.29, 1.82) is 0 Å². The summed E-state index contributed by atoms with van der Waals surface area (Å²) in [5.41, 5.74) is 6.30. The van der Waals surface area contributed by atoms with Gasteiger partial charge in [-0.3, -0.25) is 4.98 Å². The minimum atomic E-state index is -0.281. The molecule has 0 N–H and O–H groups in total. The van der Waals surface area contributed by atoms with Gasteiger partial charge in [0.2, 0.25) is 0 Å². The predicted molar refractivity (Wildman–Crippen MR) is 165 cm³/mol. The average molecular weight is 528 g/mol. The van der Waals surface area contributed by atoms with Gasteiger partial charge in [-0.05, 0) is 74.3 Å². The molecule has 0 aliphatic rings. The highest BCUT2D eigenvalue weighted by Gasteiger charge is 2.17. The number of halogens is 1. The Morgan fingerprint density at radius 2 is 1.20 bits per heavy atom. The Bertz CT molecular complexity index is 2190. The van der Waals surface area contributed by atoms with E-state index in [2.05, 4.69) is 65.6 Å². The van der Waals surface area contributed by atoms with Crippen LogP contribution in [0.2, 0.25) is 0 Å². The molecule has 6 aromatic carbocycles. The summed E-state index contributed by atoms with van der Waals surface area (Å²) in [5.74, 6) is 0.323. The van der Waals surface area contributed by atoms with Crippen molar-refractivity contribution in [2.24, 2.45) is 0 Å². The van der Waals surface area contributed by atoms with Gasteiger partial charge in [0.15, 0.2) is 5.82 Å². The summed E-state index contributed by atoms with van der Waals surface area (Å²) >= 11 is 0. The third-order valence-electron chi connectivity index (χ3n) is 7.81. The molecule has 0 bridgehead atoms. The first kappa shape index (κ1) is 23.4. The Hall–Kier alpha value is -5.48. The highest BCUT2D eigenvalue weighted by atomic mass is 19.1. The van der Waals surface area contributed by atoms with Crippen molar-refractivity contribution in [2.45, 2.75) is 0 Å². The Balaban J connectivity index is 1.42. The number of hydrogen-bond donors (Lipinski definition) is 0. The number of aromatic nitrogens is 3. The predicted octanol–water partition coefficient (Wildman–Crippen LogP) is 9.58. The van der Waals surface area contributed by atoms with Crippen LogP contribution in [0.25, 0.3) is 77.3 Å². The maximum atomic E-state index is 13.9. The topological polar surface area (TPSA) is 38.7 Å². The molecule has 0 radical (unpaired) electrons. The first-order valence-corrected chi connectivity index (χ1v) is 13.5. The lowest BCUT2D eigenvalue weighted by Gasteiger charge is -2.16. The first-order valence-electron chi connectivity index (χ1n) is 13.5. The van der Waals surface area contributed by atoms with E-state index in [0.717, 1.165) is 44.6 Å². The van der Waals surface area contributed by atoms with Crippen molar-refractivity contribution in [1.82, 2.24) is 15.0 Å². The standard InChI is InChI=1S/C37H22FN3/c38-28-16-12-23(13-17-28)33-21-34(41-37(40-33)32-9-2-1-8-29(32)27-7-4-20-39-22-27)30-18-14-26-11-10-24-5-3-6-25-15-19-31(30)36(26)35(24)25/h1-22H. The Morgan fingerprint density at radius 1 is 0.488 bits per heavy atom. The van der Waals surface area contributed by atoms with Gasteiger partial charge in [0.05, 0.1) is 11.4 Å². The zero-order valence-corrected chi connectivity index (χ0v) is 21.9. The molecule has 0 fully saturated rings. The van der Waals surface area contributed by atoms with Gasteiger partial charge in [-0.2, -0.15) is 0 Å². The minimum Gasteiger partial charge on any atom is -0.264 e. The second-order valence-electron chi connectivity index (χ2n) is 10.2. The quantitative estimate of drug-likeness (QED) is 0.214. The van der Waals surface area contributed by atoms with Gasteiger partial charge in [-0.15, -0.1) is 0 Å². The van der Waals surface area contributed by atoms with Gasteiger partial charge >= 0.3 is 0 Å². The number of nitrogens with zero attached hydrogens (tertiary/aromatic N) is 3. The van der Waals surface area contributed by atoms with E-state index < -0.39 is 0 Å². The fourth-order valence-corrected chi connectivity index (χ4v) is 5.88. The molecule has 0 aliphatic heterocycles. The number of rotatable bonds is 4. The summed E-state index contributed by atoms with van der Waals surface area (Å²) < 4.78 is 13.9. The second-order valence-corrected chi connectivity index (χ2v) is 10.2. The molecule has 0 amide bonds. The molecule has 0 aliphatic carbocycles. The van der Waals surface area contributed by atoms with Crippen LogP contribution in [0.4, 0.5) is 4.39 Å². The normalized spacial score (nSPS) is 11.5. The van der Waals surface area contributed by atoms with Crippen molar-refractivity contribution in [2.75, 3.05) is 0 Å². The molecule has 0 saturated heterocycles. The van der Waals surface area contributed by atoms with Gasteiger partial charge in [-0.25, -0.2) is 14.4 Å². The van der Waals surface area contributed by atoms with Gasteiger partial charge in [0, 0.05) is 34.6 Å². The summed E-state index contributed by atoms with van der Waals surface area (Å²) in [4.78, 5) is 14.5. The van der Waals surface area contributed by atoms with E-state index in [-0.39, 0.29) is 5.82 Å². The zero-order chi connectivity index (χ0) is 27.3. The fraction of sp³-hybridized carbons (Fsp3) is 0. The van der Waals surface area contributed by atoms with Gasteiger partial charge in [0.25, 0.3) is 0 Å². The van der Waals surface area contributed by atoms with E-state index in [1.165, 1.54) is 39.1 Å². The molecule has 2 heterocycles. The Morgan fingerprint density at radius 3 is 1.98 bits per heavy atom. The molecule has 4 heteroatoms.